The number of ketones is 2. The number of aliphatic carboxylic acids is 1. The summed E-state index contributed by atoms with van der Waals surface area (Å²) in [5, 5.41) is 9.20. The van der Waals surface area contributed by atoms with Crippen LogP contribution >= 0.6 is 0 Å². The lowest BCUT2D eigenvalue weighted by molar-refractivity contribution is -0.138. The van der Waals surface area contributed by atoms with Crippen LogP contribution in [-0.2, 0) is 11.3 Å². The molecule has 0 saturated carbocycles. The van der Waals surface area contributed by atoms with E-state index in [9.17, 15) is 19.5 Å². The number of fused-ring (bicyclic) bond motifs is 1. The summed E-state index contributed by atoms with van der Waals surface area (Å²) < 4.78 is 1.78. The molecule has 1 aromatic heterocycles. The van der Waals surface area contributed by atoms with Gasteiger partial charge in [-0.2, -0.15) is 0 Å². The van der Waals surface area contributed by atoms with Crippen LogP contribution < -0.4 is 0 Å². The minimum Gasteiger partial charge on any atom is -0.481 e. The van der Waals surface area contributed by atoms with E-state index in [4.69, 9.17) is 0 Å². The third-order valence-electron chi connectivity index (χ3n) is 4.33. The van der Waals surface area contributed by atoms with E-state index in [0.29, 0.717) is 41.9 Å². The quantitative estimate of drug-likeness (QED) is 0.861. The van der Waals surface area contributed by atoms with Gasteiger partial charge in [-0.15, -0.1) is 0 Å². The van der Waals surface area contributed by atoms with Crippen LogP contribution in [0, 0.1) is 0 Å². The Morgan fingerprint density at radius 3 is 2.35 bits per heavy atom. The van der Waals surface area contributed by atoms with Crippen molar-refractivity contribution in [2.75, 3.05) is 0 Å². The van der Waals surface area contributed by atoms with Gasteiger partial charge >= 0.3 is 5.97 Å². The molecule has 5 nitrogen and oxygen atoms in total. The second-order valence-electron chi connectivity index (χ2n) is 5.66. The molecule has 118 valence electrons. The van der Waals surface area contributed by atoms with E-state index in [-0.39, 0.29) is 11.6 Å². The van der Waals surface area contributed by atoms with Crippen LogP contribution in [0.3, 0.4) is 0 Å². The van der Waals surface area contributed by atoms with Gasteiger partial charge in [0.05, 0.1) is 11.6 Å². The maximum absolute atomic E-state index is 12.6. The highest BCUT2D eigenvalue weighted by molar-refractivity contribution is 6.08. The van der Waals surface area contributed by atoms with Crippen LogP contribution in [-0.4, -0.2) is 27.2 Å². The zero-order valence-electron chi connectivity index (χ0n) is 12.8. The summed E-state index contributed by atoms with van der Waals surface area (Å²) in [5.41, 5.74) is 2.27. The summed E-state index contributed by atoms with van der Waals surface area (Å²) in [6.07, 6.45) is 0.936. The number of nitrogens with zero attached hydrogens (tertiary/aromatic N) is 1. The van der Waals surface area contributed by atoms with Gasteiger partial charge in [0.25, 0.3) is 0 Å². The zero-order valence-corrected chi connectivity index (χ0v) is 12.8. The number of rotatable bonds is 5. The molecule has 1 unspecified atom stereocenters. The molecule has 0 amide bonds. The first-order valence-electron chi connectivity index (χ1n) is 7.63. The van der Waals surface area contributed by atoms with Gasteiger partial charge in [0.1, 0.15) is 0 Å². The molecule has 3 rings (SSSR count). The van der Waals surface area contributed by atoms with Crippen molar-refractivity contribution >= 4 is 17.5 Å². The van der Waals surface area contributed by atoms with Crippen molar-refractivity contribution in [2.45, 2.75) is 32.2 Å². The van der Waals surface area contributed by atoms with Crippen LogP contribution in [0.1, 0.15) is 57.8 Å². The summed E-state index contributed by atoms with van der Waals surface area (Å²) in [5.74, 6) is -1.51. The highest BCUT2D eigenvalue weighted by Gasteiger charge is 2.31. The first kappa shape index (κ1) is 15.2. The van der Waals surface area contributed by atoms with Crippen molar-refractivity contribution in [3.8, 4) is 0 Å². The second-order valence-corrected chi connectivity index (χ2v) is 5.66. The molecule has 0 bridgehead atoms. The van der Waals surface area contributed by atoms with Gasteiger partial charge in [-0.05, 0) is 18.6 Å². The lowest BCUT2D eigenvalue weighted by Gasteiger charge is -2.06. The molecule has 1 aliphatic rings. The minimum absolute atomic E-state index is 0.0388. The Morgan fingerprint density at radius 2 is 1.74 bits per heavy atom. The molecule has 1 N–H and O–H groups in total. The molecule has 2 heterocycles. The minimum atomic E-state index is -0.858. The van der Waals surface area contributed by atoms with Crippen LogP contribution in [0.5, 0.6) is 0 Å². The Morgan fingerprint density at radius 1 is 1.09 bits per heavy atom. The normalized spacial score (nSPS) is 16.1. The largest absolute Gasteiger partial charge is 0.481 e. The molecule has 0 spiro atoms. The first-order valence-corrected chi connectivity index (χ1v) is 7.63. The topological polar surface area (TPSA) is 76.4 Å². The van der Waals surface area contributed by atoms with Gasteiger partial charge < -0.3 is 9.67 Å². The van der Waals surface area contributed by atoms with E-state index in [1.807, 2.05) is 0 Å². The van der Waals surface area contributed by atoms with E-state index in [0.717, 1.165) is 0 Å². The third kappa shape index (κ3) is 2.59. The van der Waals surface area contributed by atoms with Gasteiger partial charge in [-0.1, -0.05) is 31.2 Å². The van der Waals surface area contributed by atoms with E-state index >= 15 is 0 Å². The number of Topliss-reactive ketones (excluding diaryl/α,β-unsaturated/α-hetero) is 1. The van der Waals surface area contributed by atoms with Gasteiger partial charge in [-0.3, -0.25) is 14.4 Å². The molecule has 1 aliphatic heterocycles. The van der Waals surface area contributed by atoms with Crippen LogP contribution in [0.2, 0.25) is 0 Å². The van der Waals surface area contributed by atoms with Crippen molar-refractivity contribution in [2.24, 2.45) is 0 Å². The summed E-state index contributed by atoms with van der Waals surface area (Å²) in [7, 11) is 0. The Labute approximate surface area is 133 Å². The average Bonchev–Trinajstić information content (AvgIpc) is 3.15. The Balaban J connectivity index is 1.89. The fourth-order valence-corrected chi connectivity index (χ4v) is 3.05. The number of carbonyl (C=O) groups is 3. The lowest BCUT2D eigenvalue weighted by Crippen LogP contribution is -2.10. The number of benzene rings is 1. The molecule has 1 aromatic carbocycles. The maximum Gasteiger partial charge on any atom is 0.312 e. The number of aromatic nitrogens is 1. The van der Waals surface area contributed by atoms with Crippen molar-refractivity contribution in [1.29, 1.82) is 0 Å². The number of hydrogen-bond donors (Lipinski definition) is 1. The number of hydrogen-bond acceptors (Lipinski definition) is 3. The van der Waals surface area contributed by atoms with Gasteiger partial charge in [-0.25, -0.2) is 0 Å². The molecular weight excluding hydrogens is 294 g/mol. The summed E-state index contributed by atoms with van der Waals surface area (Å²) >= 11 is 0. The average molecular weight is 311 g/mol. The first-order chi connectivity index (χ1) is 11.0. The maximum atomic E-state index is 12.6. The van der Waals surface area contributed by atoms with Gasteiger partial charge in [0.15, 0.2) is 5.78 Å². The van der Waals surface area contributed by atoms with Gasteiger partial charge in [0, 0.05) is 29.8 Å². The molecule has 23 heavy (non-hydrogen) atoms. The third-order valence-corrected chi connectivity index (χ3v) is 4.33. The highest BCUT2D eigenvalue weighted by atomic mass is 16.4. The molecule has 0 saturated heterocycles. The monoisotopic (exact) mass is 311 g/mol. The molecule has 0 fully saturated rings. The fourth-order valence-electron chi connectivity index (χ4n) is 3.05. The molecule has 1 atom stereocenters. The summed E-state index contributed by atoms with van der Waals surface area (Å²) in [4.78, 5) is 35.5. The van der Waals surface area contributed by atoms with Crippen LogP contribution in [0.15, 0.2) is 36.4 Å². The van der Waals surface area contributed by atoms with Crippen LogP contribution in [0.25, 0.3) is 0 Å². The Bertz CT molecular complexity index is 786. The number of carboxylic acids is 1. The zero-order chi connectivity index (χ0) is 16.6. The molecule has 0 aliphatic carbocycles. The SMILES string of the molecule is CCC(=O)c1ccc(C(=O)c2ccc3n2CCC3C(=O)O)cc1. The highest BCUT2D eigenvalue weighted by Crippen LogP contribution is 2.31. The van der Waals surface area contributed by atoms with E-state index in [2.05, 4.69) is 0 Å². The summed E-state index contributed by atoms with van der Waals surface area (Å²) in [6.45, 7) is 2.33. The molecule has 2 aromatic rings. The number of carboxylic acid groups (broad SMARTS) is 1. The number of carbonyl (C=O) groups excluding carboxylic acids is 2. The van der Waals surface area contributed by atoms with Crippen molar-refractivity contribution in [3.05, 3.63) is 58.9 Å². The van der Waals surface area contributed by atoms with E-state index in [1.165, 1.54) is 0 Å². The van der Waals surface area contributed by atoms with Crippen LogP contribution in [0.4, 0.5) is 0 Å². The Hall–Kier alpha value is -2.69. The van der Waals surface area contributed by atoms with Gasteiger partial charge in [0.2, 0.25) is 5.78 Å². The van der Waals surface area contributed by atoms with E-state index in [1.54, 1.807) is 47.9 Å². The van der Waals surface area contributed by atoms with Crippen molar-refractivity contribution in [3.63, 3.8) is 0 Å². The summed E-state index contributed by atoms with van der Waals surface area (Å²) in [6, 6.07) is 10.0. The van der Waals surface area contributed by atoms with E-state index < -0.39 is 11.9 Å². The smallest absolute Gasteiger partial charge is 0.312 e. The second kappa shape index (κ2) is 5.83. The molecule has 5 heteroatoms. The standard InChI is InChI=1S/C18H17NO4/c1-2-16(20)11-3-5-12(6-4-11)17(21)15-8-7-14-13(18(22)23)9-10-19(14)15/h3-8,13H,2,9-10H2,1H3,(H,22,23). The Kier molecular flexibility index (Phi) is 3.86. The van der Waals surface area contributed by atoms with Crippen molar-refractivity contribution in [1.82, 2.24) is 4.57 Å². The predicted octanol–water partition coefficient (Wildman–Crippen LogP) is 2.88. The lowest BCUT2D eigenvalue weighted by atomic mass is 10.0. The molecular formula is C18H17NO4. The van der Waals surface area contributed by atoms with Crippen molar-refractivity contribution < 1.29 is 19.5 Å². The molecule has 0 radical (unpaired) electrons. The predicted molar refractivity (Wildman–Crippen MR) is 83.9 cm³/mol. The fraction of sp³-hybridized carbons (Fsp3) is 0.278.